The van der Waals surface area contributed by atoms with Gasteiger partial charge in [-0.3, -0.25) is 0 Å². The zero-order valence-electron chi connectivity index (χ0n) is 12.1. The number of aryl methyl sites for hydroxylation is 2. The second-order valence-corrected chi connectivity index (χ2v) is 5.57. The van der Waals surface area contributed by atoms with Crippen molar-refractivity contribution in [2.24, 2.45) is 0 Å². The molecule has 1 fully saturated rings. The summed E-state index contributed by atoms with van der Waals surface area (Å²) in [4.78, 5) is 14.7. The average molecular weight is 305 g/mol. The summed E-state index contributed by atoms with van der Waals surface area (Å²) in [6, 6.07) is 6.10. The molecule has 5 nitrogen and oxygen atoms in total. The second kappa shape index (κ2) is 5.85. The highest BCUT2D eigenvalue weighted by molar-refractivity contribution is 6.28. The largest absolute Gasteiger partial charge is 0.424 e. The lowest BCUT2D eigenvalue weighted by Gasteiger charge is -2.15. The van der Waals surface area contributed by atoms with E-state index in [4.69, 9.17) is 16.3 Å². The third-order valence-electron chi connectivity index (χ3n) is 3.65. The number of anilines is 1. The summed E-state index contributed by atoms with van der Waals surface area (Å²) in [7, 11) is 0. The lowest BCUT2D eigenvalue weighted by molar-refractivity contribution is 0.439. The van der Waals surface area contributed by atoms with Crippen LogP contribution >= 0.6 is 11.6 Å². The Hall–Kier alpha value is -1.88. The zero-order valence-corrected chi connectivity index (χ0v) is 12.9. The number of rotatable bonds is 3. The normalized spacial score (nSPS) is 14.5. The highest BCUT2D eigenvalue weighted by Crippen LogP contribution is 2.24. The minimum atomic E-state index is 0.158. The van der Waals surface area contributed by atoms with Gasteiger partial charge in [0.25, 0.3) is 0 Å². The zero-order chi connectivity index (χ0) is 14.8. The molecule has 0 N–H and O–H groups in total. The second-order valence-electron chi connectivity index (χ2n) is 5.23. The quantitative estimate of drug-likeness (QED) is 0.868. The van der Waals surface area contributed by atoms with Gasteiger partial charge in [-0.15, -0.1) is 0 Å². The van der Waals surface area contributed by atoms with Crippen LogP contribution in [0.3, 0.4) is 0 Å². The van der Waals surface area contributed by atoms with Gasteiger partial charge in [-0.25, -0.2) is 0 Å². The van der Waals surface area contributed by atoms with Crippen LogP contribution in [0.25, 0.3) is 0 Å². The van der Waals surface area contributed by atoms with Crippen LogP contribution in [0.15, 0.2) is 18.2 Å². The van der Waals surface area contributed by atoms with Crippen molar-refractivity contribution >= 4 is 17.5 Å². The summed E-state index contributed by atoms with van der Waals surface area (Å²) in [5.41, 5.74) is 2.38. The van der Waals surface area contributed by atoms with Crippen molar-refractivity contribution in [3.05, 3.63) is 34.6 Å². The Bertz CT molecular complexity index is 656. The Morgan fingerprint density at radius 1 is 1.05 bits per heavy atom. The van der Waals surface area contributed by atoms with E-state index in [9.17, 15) is 0 Å². The molecular formula is C15H17ClN4O. The van der Waals surface area contributed by atoms with Gasteiger partial charge >= 0.3 is 6.01 Å². The lowest BCUT2D eigenvalue weighted by atomic mass is 10.1. The van der Waals surface area contributed by atoms with Gasteiger partial charge in [0.2, 0.25) is 11.2 Å². The smallest absolute Gasteiger partial charge is 0.328 e. The Morgan fingerprint density at radius 2 is 1.81 bits per heavy atom. The van der Waals surface area contributed by atoms with Crippen molar-refractivity contribution in [3.8, 4) is 11.8 Å². The molecule has 3 rings (SSSR count). The first-order valence-electron chi connectivity index (χ1n) is 7.03. The summed E-state index contributed by atoms with van der Waals surface area (Å²) >= 11 is 5.98. The Morgan fingerprint density at radius 3 is 2.52 bits per heavy atom. The molecule has 0 bridgehead atoms. The van der Waals surface area contributed by atoms with Gasteiger partial charge in [0.1, 0.15) is 5.75 Å². The predicted octanol–water partition coefficient (Wildman–Crippen LogP) is 3.53. The first-order valence-corrected chi connectivity index (χ1v) is 7.41. The first kappa shape index (κ1) is 14.1. The van der Waals surface area contributed by atoms with Crippen molar-refractivity contribution in [2.75, 3.05) is 18.0 Å². The molecule has 6 heteroatoms. The summed E-state index contributed by atoms with van der Waals surface area (Å²) in [6.45, 7) is 6.00. The molecule has 0 amide bonds. The van der Waals surface area contributed by atoms with E-state index in [1.165, 1.54) is 5.56 Å². The monoisotopic (exact) mass is 304 g/mol. The number of hydrogen-bond donors (Lipinski definition) is 0. The average Bonchev–Trinajstić information content (AvgIpc) is 2.96. The third-order valence-corrected chi connectivity index (χ3v) is 3.82. The first-order chi connectivity index (χ1) is 10.1. The van der Waals surface area contributed by atoms with Crippen LogP contribution in [0.4, 0.5) is 5.95 Å². The Labute approximate surface area is 129 Å². The SMILES string of the molecule is Cc1ccc(Oc2nc(Cl)nc(N3CCCC3)n2)cc1C. The number of halogens is 1. The van der Waals surface area contributed by atoms with E-state index in [2.05, 4.69) is 26.8 Å². The van der Waals surface area contributed by atoms with Gasteiger partial charge in [0, 0.05) is 13.1 Å². The van der Waals surface area contributed by atoms with Crippen molar-refractivity contribution in [1.29, 1.82) is 0 Å². The molecule has 0 aliphatic carbocycles. The standard InChI is InChI=1S/C15H17ClN4O/c1-10-5-6-12(9-11(10)2)21-15-18-13(16)17-14(19-15)20-7-3-4-8-20/h5-6,9H,3-4,7-8H2,1-2H3. The number of hydrogen-bond acceptors (Lipinski definition) is 5. The molecule has 1 aliphatic heterocycles. The van der Waals surface area contributed by atoms with Gasteiger partial charge in [0.05, 0.1) is 0 Å². The highest BCUT2D eigenvalue weighted by Gasteiger charge is 2.17. The molecule has 0 unspecified atom stereocenters. The molecule has 1 aromatic carbocycles. The maximum Gasteiger partial charge on any atom is 0.328 e. The van der Waals surface area contributed by atoms with Gasteiger partial charge in [-0.05, 0) is 61.5 Å². The van der Waals surface area contributed by atoms with E-state index in [0.717, 1.165) is 31.5 Å². The van der Waals surface area contributed by atoms with Crippen LogP contribution in [0.5, 0.6) is 11.8 Å². The maximum atomic E-state index is 5.98. The fourth-order valence-corrected chi connectivity index (χ4v) is 2.46. The van der Waals surface area contributed by atoms with E-state index in [-0.39, 0.29) is 11.3 Å². The number of aromatic nitrogens is 3. The molecular weight excluding hydrogens is 288 g/mol. The van der Waals surface area contributed by atoms with Crippen LogP contribution in [-0.4, -0.2) is 28.0 Å². The number of ether oxygens (including phenoxy) is 1. The van der Waals surface area contributed by atoms with Crippen molar-refractivity contribution in [3.63, 3.8) is 0 Å². The van der Waals surface area contributed by atoms with Crippen molar-refractivity contribution in [2.45, 2.75) is 26.7 Å². The van der Waals surface area contributed by atoms with Crippen LogP contribution in [0.1, 0.15) is 24.0 Å². The van der Waals surface area contributed by atoms with E-state index < -0.39 is 0 Å². The molecule has 0 atom stereocenters. The number of nitrogens with zero attached hydrogens (tertiary/aromatic N) is 4. The molecule has 1 aliphatic rings. The van der Waals surface area contributed by atoms with Crippen LogP contribution < -0.4 is 9.64 Å². The number of benzene rings is 1. The molecule has 1 aromatic heterocycles. The van der Waals surface area contributed by atoms with Crippen LogP contribution in [0, 0.1) is 13.8 Å². The summed E-state index contributed by atoms with van der Waals surface area (Å²) in [5, 5.41) is 0.158. The molecule has 21 heavy (non-hydrogen) atoms. The van der Waals surface area contributed by atoms with E-state index in [0.29, 0.717) is 11.7 Å². The molecule has 0 spiro atoms. The fraction of sp³-hybridized carbons (Fsp3) is 0.400. The topological polar surface area (TPSA) is 51.1 Å². The minimum Gasteiger partial charge on any atom is -0.424 e. The van der Waals surface area contributed by atoms with Crippen LogP contribution in [0.2, 0.25) is 5.28 Å². The van der Waals surface area contributed by atoms with Crippen molar-refractivity contribution < 1.29 is 4.74 Å². The molecule has 110 valence electrons. The molecule has 2 aromatic rings. The highest BCUT2D eigenvalue weighted by atomic mass is 35.5. The van der Waals surface area contributed by atoms with Gasteiger partial charge < -0.3 is 9.64 Å². The Balaban J connectivity index is 1.85. The van der Waals surface area contributed by atoms with E-state index in [1.807, 2.05) is 25.1 Å². The summed E-state index contributed by atoms with van der Waals surface area (Å²) < 4.78 is 5.72. The van der Waals surface area contributed by atoms with E-state index >= 15 is 0 Å². The molecule has 2 heterocycles. The van der Waals surface area contributed by atoms with Crippen LogP contribution in [-0.2, 0) is 0 Å². The molecule has 0 saturated carbocycles. The third kappa shape index (κ3) is 3.24. The van der Waals surface area contributed by atoms with Crippen molar-refractivity contribution in [1.82, 2.24) is 15.0 Å². The maximum absolute atomic E-state index is 5.98. The summed E-state index contributed by atoms with van der Waals surface area (Å²) in [5.74, 6) is 1.29. The molecule has 0 radical (unpaired) electrons. The van der Waals surface area contributed by atoms with E-state index in [1.54, 1.807) is 0 Å². The lowest BCUT2D eigenvalue weighted by Crippen LogP contribution is -2.21. The minimum absolute atomic E-state index is 0.158. The van der Waals surface area contributed by atoms with Gasteiger partial charge in [-0.2, -0.15) is 15.0 Å². The van der Waals surface area contributed by atoms with Gasteiger partial charge in [0.15, 0.2) is 0 Å². The Kier molecular flexibility index (Phi) is 3.92. The molecule has 1 saturated heterocycles. The predicted molar refractivity (Wildman–Crippen MR) is 82.3 cm³/mol. The fourth-order valence-electron chi connectivity index (χ4n) is 2.31. The summed E-state index contributed by atoms with van der Waals surface area (Å²) in [6.07, 6.45) is 2.30. The van der Waals surface area contributed by atoms with Gasteiger partial charge in [-0.1, -0.05) is 6.07 Å².